The summed E-state index contributed by atoms with van der Waals surface area (Å²) < 4.78 is 0. The minimum absolute atomic E-state index is 0.0446. The zero-order chi connectivity index (χ0) is 30.3. The molecule has 41 heavy (non-hydrogen) atoms. The molecule has 15 nitrogen and oxygen atoms in total. The number of primary amides is 1. The Morgan fingerprint density at radius 1 is 1.05 bits per heavy atom. The van der Waals surface area contributed by atoms with E-state index in [4.69, 9.17) is 11.5 Å². The number of likely N-dealkylation sites (tertiary alicyclic amines) is 2. The predicted octanol–water partition coefficient (Wildman–Crippen LogP) is -3.56. The van der Waals surface area contributed by atoms with Gasteiger partial charge in [0, 0.05) is 25.9 Å². The first-order valence-corrected chi connectivity index (χ1v) is 13.3. The van der Waals surface area contributed by atoms with Crippen LogP contribution in [0, 0.1) is 0 Å². The van der Waals surface area contributed by atoms with Gasteiger partial charge in [0.15, 0.2) is 0 Å². The van der Waals surface area contributed by atoms with Gasteiger partial charge >= 0.3 is 0 Å². The molecule has 0 spiro atoms. The van der Waals surface area contributed by atoms with Crippen LogP contribution in [0.3, 0.4) is 0 Å². The Balaban J connectivity index is 1.63. The highest BCUT2D eigenvalue weighted by molar-refractivity contribution is 5.96. The standard InChI is InChI=1S/C26H37N7O8/c1-14(30-21(36)11-27)24(39)29-12-22(37)33-13-17(35)10-20(33)26(41)32-8-2-3-19(32)25(40)31-18(23(28)38)9-15-4-6-16(34)7-5-15/h4-7,14,17-20,34-35H,2-3,8-13,27H2,1H3,(H2,28,38)(H,29,39)(H,30,36)(H,31,40)/t14-,17+,18-,19-,20+/m0/s1. The third-order valence-electron chi connectivity index (χ3n) is 7.13. The van der Waals surface area contributed by atoms with E-state index in [9.17, 15) is 39.0 Å². The summed E-state index contributed by atoms with van der Waals surface area (Å²) in [6.07, 6.45) is -0.107. The van der Waals surface area contributed by atoms with E-state index in [2.05, 4.69) is 16.0 Å². The van der Waals surface area contributed by atoms with E-state index < -0.39 is 72.3 Å². The zero-order valence-corrected chi connectivity index (χ0v) is 22.7. The fraction of sp³-hybridized carbons (Fsp3) is 0.538. The van der Waals surface area contributed by atoms with Gasteiger partial charge < -0.3 is 47.4 Å². The summed E-state index contributed by atoms with van der Waals surface area (Å²) in [5, 5.41) is 27.1. The van der Waals surface area contributed by atoms with Crippen molar-refractivity contribution in [2.45, 2.75) is 62.9 Å². The summed E-state index contributed by atoms with van der Waals surface area (Å²) in [4.78, 5) is 77.9. The number of hydrogen-bond donors (Lipinski definition) is 7. The molecule has 2 heterocycles. The molecule has 3 rings (SSSR count). The molecule has 1 aromatic rings. The maximum atomic E-state index is 13.5. The lowest BCUT2D eigenvalue weighted by Gasteiger charge is -2.31. The zero-order valence-electron chi connectivity index (χ0n) is 22.7. The quantitative estimate of drug-likeness (QED) is 0.138. The predicted molar refractivity (Wildman–Crippen MR) is 143 cm³/mol. The number of carbonyl (C=O) groups is 6. The number of phenols is 1. The monoisotopic (exact) mass is 575 g/mol. The van der Waals surface area contributed by atoms with Crippen LogP contribution < -0.4 is 27.4 Å². The number of hydrogen-bond acceptors (Lipinski definition) is 9. The van der Waals surface area contributed by atoms with Crippen molar-refractivity contribution in [2.24, 2.45) is 11.5 Å². The number of rotatable bonds is 11. The van der Waals surface area contributed by atoms with Gasteiger partial charge in [-0.3, -0.25) is 28.8 Å². The van der Waals surface area contributed by atoms with Gasteiger partial charge in [-0.05, 0) is 37.5 Å². The highest BCUT2D eigenvalue weighted by Crippen LogP contribution is 2.25. The minimum Gasteiger partial charge on any atom is -0.508 e. The number of benzene rings is 1. The molecule has 6 amide bonds. The molecule has 0 unspecified atom stereocenters. The lowest BCUT2D eigenvalue weighted by atomic mass is 10.0. The highest BCUT2D eigenvalue weighted by Gasteiger charge is 2.45. The fourth-order valence-electron chi connectivity index (χ4n) is 4.96. The number of nitrogens with zero attached hydrogens (tertiary/aromatic N) is 2. The van der Waals surface area contributed by atoms with Crippen LogP contribution >= 0.6 is 0 Å². The number of phenolic OH excluding ortho intramolecular Hbond substituents is 1. The van der Waals surface area contributed by atoms with E-state index in [-0.39, 0.29) is 38.2 Å². The molecular weight excluding hydrogens is 538 g/mol. The number of aliphatic hydroxyl groups is 1. The van der Waals surface area contributed by atoms with Gasteiger partial charge in [-0.1, -0.05) is 12.1 Å². The Morgan fingerprint density at radius 3 is 2.37 bits per heavy atom. The molecule has 2 aliphatic rings. The third-order valence-corrected chi connectivity index (χ3v) is 7.13. The van der Waals surface area contributed by atoms with Crippen molar-refractivity contribution < 1.29 is 39.0 Å². The first-order chi connectivity index (χ1) is 19.4. The number of amides is 6. The van der Waals surface area contributed by atoms with Crippen LogP contribution in [0.2, 0.25) is 0 Å². The van der Waals surface area contributed by atoms with E-state index in [1.165, 1.54) is 28.9 Å². The third kappa shape index (κ3) is 8.14. The molecule has 1 aromatic carbocycles. The summed E-state index contributed by atoms with van der Waals surface area (Å²) in [5.74, 6) is -3.61. The van der Waals surface area contributed by atoms with Crippen LogP contribution in [0.5, 0.6) is 5.75 Å². The highest BCUT2D eigenvalue weighted by atomic mass is 16.3. The first kappa shape index (κ1) is 31.3. The summed E-state index contributed by atoms with van der Waals surface area (Å²) in [6, 6.07) is 2.12. The van der Waals surface area contributed by atoms with E-state index in [1.807, 2.05) is 0 Å². The summed E-state index contributed by atoms with van der Waals surface area (Å²) in [6.45, 7) is 0.750. The second kappa shape index (κ2) is 13.9. The van der Waals surface area contributed by atoms with Crippen molar-refractivity contribution >= 4 is 35.4 Å². The maximum Gasteiger partial charge on any atom is 0.246 e. The van der Waals surface area contributed by atoms with Crippen molar-refractivity contribution in [3.8, 4) is 5.75 Å². The number of aromatic hydroxyl groups is 1. The van der Waals surface area contributed by atoms with Crippen LogP contribution in [-0.4, -0.2) is 112 Å². The molecule has 0 aliphatic carbocycles. The summed E-state index contributed by atoms with van der Waals surface area (Å²) >= 11 is 0. The molecule has 9 N–H and O–H groups in total. The Morgan fingerprint density at radius 2 is 1.73 bits per heavy atom. The largest absolute Gasteiger partial charge is 0.508 e. The normalized spacial score (nSPS) is 21.6. The average molecular weight is 576 g/mol. The van der Waals surface area contributed by atoms with Crippen LogP contribution in [0.25, 0.3) is 0 Å². The molecule has 2 aliphatic heterocycles. The van der Waals surface area contributed by atoms with Gasteiger partial charge in [0.25, 0.3) is 0 Å². The molecule has 0 aromatic heterocycles. The van der Waals surface area contributed by atoms with Crippen molar-refractivity contribution in [1.29, 1.82) is 0 Å². The van der Waals surface area contributed by atoms with E-state index in [0.717, 1.165) is 0 Å². The molecule has 0 saturated carbocycles. The molecule has 0 bridgehead atoms. The SMILES string of the molecule is C[C@H](NC(=O)CN)C(=O)NCC(=O)N1C[C@H](O)C[C@@H]1C(=O)N1CCC[C@H]1C(=O)N[C@@H](Cc1ccc(O)cc1)C(N)=O. The van der Waals surface area contributed by atoms with E-state index in [1.54, 1.807) is 12.1 Å². The van der Waals surface area contributed by atoms with Gasteiger partial charge in [0.1, 0.15) is 29.9 Å². The molecule has 0 radical (unpaired) electrons. The molecule has 2 fully saturated rings. The number of β-amino-alcohol motifs (C(OH)–C–C–N with tert-alkyl or cyclic N) is 1. The number of nitrogens with one attached hydrogen (secondary N) is 3. The molecule has 5 atom stereocenters. The second-order valence-electron chi connectivity index (χ2n) is 10.2. The molecule has 15 heteroatoms. The van der Waals surface area contributed by atoms with Crippen LogP contribution in [0.4, 0.5) is 0 Å². The van der Waals surface area contributed by atoms with Crippen LogP contribution in [-0.2, 0) is 35.2 Å². The molecular formula is C26H37N7O8. The van der Waals surface area contributed by atoms with Crippen molar-refractivity contribution in [3.63, 3.8) is 0 Å². The molecule has 2 saturated heterocycles. The van der Waals surface area contributed by atoms with E-state index in [0.29, 0.717) is 18.4 Å². The summed E-state index contributed by atoms with van der Waals surface area (Å²) in [7, 11) is 0. The smallest absolute Gasteiger partial charge is 0.246 e. The van der Waals surface area contributed by atoms with Crippen molar-refractivity contribution in [1.82, 2.24) is 25.8 Å². The van der Waals surface area contributed by atoms with Gasteiger partial charge in [0.2, 0.25) is 35.4 Å². The number of aliphatic hydroxyl groups excluding tert-OH is 1. The van der Waals surface area contributed by atoms with Crippen LogP contribution in [0.15, 0.2) is 24.3 Å². The van der Waals surface area contributed by atoms with Gasteiger partial charge in [-0.25, -0.2) is 0 Å². The Hall–Kier alpha value is -4.24. The molecule has 224 valence electrons. The van der Waals surface area contributed by atoms with Crippen molar-refractivity contribution in [2.75, 3.05) is 26.2 Å². The van der Waals surface area contributed by atoms with Gasteiger partial charge in [0.05, 0.1) is 19.2 Å². The lowest BCUT2D eigenvalue weighted by Crippen LogP contribution is -2.56. The van der Waals surface area contributed by atoms with Gasteiger partial charge in [-0.2, -0.15) is 0 Å². The summed E-state index contributed by atoms with van der Waals surface area (Å²) in [5.41, 5.74) is 11.4. The minimum atomic E-state index is -1.06. The van der Waals surface area contributed by atoms with Gasteiger partial charge in [-0.15, -0.1) is 0 Å². The Kier molecular flexibility index (Phi) is 10.6. The number of nitrogens with two attached hydrogens (primary N) is 2. The Labute approximate surface area is 236 Å². The second-order valence-corrected chi connectivity index (χ2v) is 10.2. The van der Waals surface area contributed by atoms with E-state index >= 15 is 0 Å². The lowest BCUT2D eigenvalue weighted by molar-refractivity contribution is -0.146. The maximum absolute atomic E-state index is 13.5. The first-order valence-electron chi connectivity index (χ1n) is 13.3. The van der Waals surface area contributed by atoms with Crippen LogP contribution in [0.1, 0.15) is 31.7 Å². The van der Waals surface area contributed by atoms with Crippen molar-refractivity contribution in [3.05, 3.63) is 29.8 Å². The average Bonchev–Trinajstić information content (AvgIpc) is 3.59. The fourth-order valence-corrected chi connectivity index (χ4v) is 4.96. The Bertz CT molecular complexity index is 1160. The topological polar surface area (TPSA) is 237 Å². The number of carbonyl (C=O) groups excluding carboxylic acids is 6.